The lowest BCUT2D eigenvalue weighted by Crippen LogP contribution is -2.30. The molecule has 0 amide bonds. The molecule has 126 valence electrons. The molecular formula is C17H17NO5S. The van der Waals surface area contributed by atoms with Crippen LogP contribution < -0.4 is 0 Å². The van der Waals surface area contributed by atoms with E-state index in [0.29, 0.717) is 37.1 Å². The molecule has 0 aromatic heterocycles. The van der Waals surface area contributed by atoms with Crippen LogP contribution in [0, 0.1) is 11.8 Å². The minimum atomic E-state index is -3.66. The monoisotopic (exact) mass is 347 g/mol. The molecule has 2 saturated heterocycles. The van der Waals surface area contributed by atoms with Crippen LogP contribution in [0.15, 0.2) is 41.3 Å². The van der Waals surface area contributed by atoms with Gasteiger partial charge in [0.25, 0.3) is 0 Å². The van der Waals surface area contributed by atoms with Crippen LogP contribution in [0.3, 0.4) is 0 Å². The number of benzene rings is 2. The minimum absolute atomic E-state index is 0.108. The Hall–Kier alpha value is -1.96. The van der Waals surface area contributed by atoms with Crippen molar-refractivity contribution in [3.63, 3.8) is 0 Å². The van der Waals surface area contributed by atoms with Gasteiger partial charge in [-0.15, -0.1) is 0 Å². The van der Waals surface area contributed by atoms with E-state index in [9.17, 15) is 18.3 Å². The summed E-state index contributed by atoms with van der Waals surface area (Å²) in [6.07, 6.45) is 0. The molecule has 6 nitrogen and oxygen atoms in total. The Morgan fingerprint density at radius 3 is 2.29 bits per heavy atom. The van der Waals surface area contributed by atoms with E-state index < -0.39 is 16.0 Å². The number of hydrogen-bond acceptors (Lipinski definition) is 4. The molecule has 0 bridgehead atoms. The van der Waals surface area contributed by atoms with Crippen LogP contribution in [0.25, 0.3) is 10.8 Å². The maximum Gasteiger partial charge on any atom is 0.336 e. The van der Waals surface area contributed by atoms with E-state index in [0.717, 1.165) is 0 Å². The number of carbonyl (C=O) groups is 1. The SMILES string of the molecule is O=C(O)c1ccc(S(=O)(=O)N2C[C@H]3COC[C@H]3C2)c2ccccc12. The number of ether oxygens (including phenoxy) is 1. The summed E-state index contributed by atoms with van der Waals surface area (Å²) in [6.45, 7) is 2.13. The fourth-order valence-corrected chi connectivity index (χ4v) is 5.41. The molecule has 7 heteroatoms. The summed E-state index contributed by atoms with van der Waals surface area (Å²) in [5, 5.41) is 10.2. The summed E-state index contributed by atoms with van der Waals surface area (Å²) >= 11 is 0. The predicted molar refractivity (Wildman–Crippen MR) is 87.5 cm³/mol. The topological polar surface area (TPSA) is 83.9 Å². The van der Waals surface area contributed by atoms with Crippen LogP contribution in [-0.4, -0.2) is 50.1 Å². The van der Waals surface area contributed by atoms with Crippen molar-refractivity contribution in [2.75, 3.05) is 26.3 Å². The van der Waals surface area contributed by atoms with Gasteiger partial charge < -0.3 is 9.84 Å². The van der Waals surface area contributed by atoms with E-state index >= 15 is 0 Å². The van der Waals surface area contributed by atoms with Crippen molar-refractivity contribution in [2.45, 2.75) is 4.90 Å². The maximum atomic E-state index is 13.1. The van der Waals surface area contributed by atoms with E-state index in [4.69, 9.17) is 4.74 Å². The Balaban J connectivity index is 1.82. The van der Waals surface area contributed by atoms with Gasteiger partial charge in [0, 0.05) is 30.3 Å². The third-order valence-corrected chi connectivity index (χ3v) is 6.83. The van der Waals surface area contributed by atoms with Gasteiger partial charge in [0.15, 0.2) is 0 Å². The Kier molecular flexibility index (Phi) is 3.59. The first-order chi connectivity index (χ1) is 11.5. The van der Waals surface area contributed by atoms with E-state index in [1.165, 1.54) is 16.4 Å². The number of nitrogens with zero attached hydrogens (tertiary/aromatic N) is 1. The van der Waals surface area contributed by atoms with Crippen LogP contribution in [0.1, 0.15) is 10.4 Å². The van der Waals surface area contributed by atoms with Gasteiger partial charge in [-0.25, -0.2) is 13.2 Å². The van der Waals surface area contributed by atoms with Crippen LogP contribution in [-0.2, 0) is 14.8 Å². The van der Waals surface area contributed by atoms with Crippen molar-refractivity contribution in [3.05, 3.63) is 42.0 Å². The van der Waals surface area contributed by atoms with Crippen molar-refractivity contribution in [3.8, 4) is 0 Å². The third-order valence-electron chi connectivity index (χ3n) is 4.94. The first-order valence-corrected chi connectivity index (χ1v) is 9.25. The summed E-state index contributed by atoms with van der Waals surface area (Å²) in [4.78, 5) is 11.6. The minimum Gasteiger partial charge on any atom is -0.478 e. The molecule has 2 aromatic rings. The van der Waals surface area contributed by atoms with Crippen molar-refractivity contribution in [1.82, 2.24) is 4.31 Å². The fraction of sp³-hybridized carbons (Fsp3) is 0.353. The molecular weight excluding hydrogens is 330 g/mol. The molecule has 2 heterocycles. The van der Waals surface area contributed by atoms with Gasteiger partial charge in [-0.3, -0.25) is 0 Å². The zero-order valence-corrected chi connectivity index (χ0v) is 13.7. The highest BCUT2D eigenvalue weighted by Gasteiger charge is 2.42. The van der Waals surface area contributed by atoms with Gasteiger partial charge in [0.1, 0.15) is 0 Å². The number of rotatable bonds is 3. The average molecular weight is 347 g/mol. The standard InChI is InChI=1S/C17H17NO5S/c19-17(20)15-5-6-16(14-4-2-1-3-13(14)15)24(21,22)18-7-11-9-23-10-12(11)8-18/h1-6,11-12H,7-10H2,(H,19,20)/t11-,12+. The molecule has 0 radical (unpaired) electrons. The Morgan fingerprint density at radius 2 is 1.67 bits per heavy atom. The molecule has 2 aliphatic heterocycles. The average Bonchev–Trinajstić information content (AvgIpc) is 3.15. The number of carboxylic acid groups (broad SMARTS) is 1. The highest BCUT2D eigenvalue weighted by Crippen LogP contribution is 2.35. The maximum absolute atomic E-state index is 13.1. The molecule has 0 unspecified atom stereocenters. The Morgan fingerprint density at radius 1 is 1.04 bits per heavy atom. The fourth-order valence-electron chi connectivity index (χ4n) is 3.66. The molecule has 2 fully saturated rings. The normalized spacial score (nSPS) is 24.3. The second-order valence-electron chi connectivity index (χ2n) is 6.34. The summed E-state index contributed by atoms with van der Waals surface area (Å²) in [5.74, 6) is -0.559. The Labute approximate surface area is 139 Å². The highest BCUT2D eigenvalue weighted by molar-refractivity contribution is 7.89. The van der Waals surface area contributed by atoms with Crippen molar-refractivity contribution < 1.29 is 23.1 Å². The molecule has 2 atom stereocenters. The van der Waals surface area contributed by atoms with E-state index in [1.54, 1.807) is 24.3 Å². The quantitative estimate of drug-likeness (QED) is 0.915. The number of sulfonamides is 1. The molecule has 4 rings (SSSR count). The van der Waals surface area contributed by atoms with Crippen LogP contribution in [0.5, 0.6) is 0 Å². The zero-order valence-electron chi connectivity index (χ0n) is 12.9. The van der Waals surface area contributed by atoms with Gasteiger partial charge in [-0.1, -0.05) is 24.3 Å². The first-order valence-electron chi connectivity index (χ1n) is 7.81. The van der Waals surface area contributed by atoms with Crippen molar-refractivity contribution >= 4 is 26.8 Å². The second kappa shape index (κ2) is 5.54. The third kappa shape index (κ3) is 2.31. The van der Waals surface area contributed by atoms with E-state index in [1.807, 2.05) is 0 Å². The number of hydrogen-bond donors (Lipinski definition) is 1. The number of aromatic carboxylic acids is 1. The van der Waals surface area contributed by atoms with Gasteiger partial charge in [-0.2, -0.15) is 4.31 Å². The van der Waals surface area contributed by atoms with Crippen molar-refractivity contribution in [2.24, 2.45) is 11.8 Å². The summed E-state index contributed by atoms with van der Waals surface area (Å²) in [6, 6.07) is 9.52. The Bertz CT molecular complexity index is 912. The summed E-state index contributed by atoms with van der Waals surface area (Å²) < 4.78 is 33.1. The van der Waals surface area contributed by atoms with E-state index in [2.05, 4.69) is 0 Å². The summed E-state index contributed by atoms with van der Waals surface area (Å²) in [7, 11) is -3.66. The predicted octanol–water partition coefficient (Wildman–Crippen LogP) is 1.80. The van der Waals surface area contributed by atoms with Crippen LogP contribution >= 0.6 is 0 Å². The molecule has 0 aliphatic carbocycles. The lowest BCUT2D eigenvalue weighted by Gasteiger charge is -2.19. The van der Waals surface area contributed by atoms with Gasteiger partial charge in [0.2, 0.25) is 10.0 Å². The molecule has 2 aliphatic rings. The lowest BCUT2D eigenvalue weighted by atomic mass is 10.0. The molecule has 2 aromatic carbocycles. The highest BCUT2D eigenvalue weighted by atomic mass is 32.2. The van der Waals surface area contributed by atoms with Crippen LogP contribution in [0.2, 0.25) is 0 Å². The van der Waals surface area contributed by atoms with Gasteiger partial charge >= 0.3 is 5.97 Å². The zero-order chi connectivity index (χ0) is 16.9. The molecule has 0 saturated carbocycles. The van der Waals surface area contributed by atoms with Gasteiger partial charge in [0.05, 0.1) is 23.7 Å². The van der Waals surface area contributed by atoms with E-state index in [-0.39, 0.29) is 22.3 Å². The largest absolute Gasteiger partial charge is 0.478 e. The van der Waals surface area contributed by atoms with Crippen LogP contribution in [0.4, 0.5) is 0 Å². The number of fused-ring (bicyclic) bond motifs is 2. The lowest BCUT2D eigenvalue weighted by molar-refractivity contribution is 0.0699. The number of carboxylic acids is 1. The molecule has 0 spiro atoms. The molecule has 24 heavy (non-hydrogen) atoms. The van der Waals surface area contributed by atoms with Crippen molar-refractivity contribution in [1.29, 1.82) is 0 Å². The van der Waals surface area contributed by atoms with Gasteiger partial charge in [-0.05, 0) is 17.5 Å². The molecule has 1 N–H and O–H groups in total. The summed E-state index contributed by atoms with van der Waals surface area (Å²) in [5.41, 5.74) is 0.108. The second-order valence-corrected chi connectivity index (χ2v) is 8.25. The smallest absolute Gasteiger partial charge is 0.336 e. The first kappa shape index (κ1) is 15.6.